The van der Waals surface area contributed by atoms with E-state index in [1.165, 1.54) is 20.4 Å². The van der Waals surface area contributed by atoms with Gasteiger partial charge in [-0.05, 0) is 48.5 Å². The Morgan fingerprint density at radius 1 is 0.969 bits per heavy atom. The van der Waals surface area contributed by atoms with Crippen molar-refractivity contribution in [3.05, 3.63) is 81.8 Å². The first-order chi connectivity index (χ1) is 15.4. The molecule has 0 heterocycles. The number of rotatable bonds is 7. The highest BCUT2D eigenvalue weighted by Gasteiger charge is 2.12. The van der Waals surface area contributed by atoms with Crippen LogP contribution in [0, 0.1) is 0 Å². The highest BCUT2D eigenvalue weighted by atomic mass is 79.9. The molecule has 0 bridgehead atoms. The SMILES string of the molecule is COc1ccccc1C(=O)Nc1ccc(C(=O)N/N=C/c2cc(Br)cc(OC)c2O)cc1. The summed E-state index contributed by atoms with van der Waals surface area (Å²) in [5.41, 5.74) is 4.02. The molecule has 9 heteroatoms. The van der Waals surface area contributed by atoms with Crippen LogP contribution in [0.15, 0.2) is 70.2 Å². The summed E-state index contributed by atoms with van der Waals surface area (Å²) < 4.78 is 11.0. The van der Waals surface area contributed by atoms with Crippen molar-refractivity contribution in [1.82, 2.24) is 5.43 Å². The Morgan fingerprint density at radius 2 is 1.66 bits per heavy atom. The lowest BCUT2D eigenvalue weighted by atomic mass is 10.1. The quantitative estimate of drug-likeness (QED) is 0.335. The number of carbonyl (C=O) groups excluding carboxylic acids is 2. The third-order valence-corrected chi connectivity index (χ3v) is 4.87. The molecule has 0 spiro atoms. The molecule has 3 aromatic rings. The number of amides is 2. The van der Waals surface area contributed by atoms with Gasteiger partial charge in [0, 0.05) is 21.3 Å². The number of anilines is 1. The number of hydrogen-bond acceptors (Lipinski definition) is 6. The van der Waals surface area contributed by atoms with Crippen molar-refractivity contribution in [1.29, 1.82) is 0 Å². The first-order valence-electron chi connectivity index (χ1n) is 9.37. The second-order valence-electron chi connectivity index (χ2n) is 6.48. The molecule has 0 aliphatic rings. The summed E-state index contributed by atoms with van der Waals surface area (Å²) in [5, 5.41) is 16.8. The summed E-state index contributed by atoms with van der Waals surface area (Å²) in [5.74, 6) is -0.131. The number of ether oxygens (including phenoxy) is 2. The molecule has 0 fully saturated rings. The maximum Gasteiger partial charge on any atom is 0.271 e. The fourth-order valence-electron chi connectivity index (χ4n) is 2.81. The number of methoxy groups -OCH3 is 2. The molecule has 0 saturated carbocycles. The molecule has 0 saturated heterocycles. The molecule has 164 valence electrons. The number of nitrogens with one attached hydrogen (secondary N) is 2. The second-order valence-corrected chi connectivity index (χ2v) is 7.39. The first kappa shape index (κ1) is 22.8. The smallest absolute Gasteiger partial charge is 0.271 e. The van der Waals surface area contributed by atoms with E-state index >= 15 is 0 Å². The molecule has 0 unspecified atom stereocenters. The average molecular weight is 498 g/mol. The van der Waals surface area contributed by atoms with Crippen LogP contribution in [-0.2, 0) is 0 Å². The van der Waals surface area contributed by atoms with Crippen LogP contribution in [-0.4, -0.2) is 37.4 Å². The van der Waals surface area contributed by atoms with Gasteiger partial charge in [-0.3, -0.25) is 9.59 Å². The number of phenolic OH excluding ortho intramolecular Hbond substituents is 1. The molecule has 0 atom stereocenters. The second kappa shape index (κ2) is 10.5. The van der Waals surface area contributed by atoms with E-state index in [2.05, 4.69) is 31.8 Å². The van der Waals surface area contributed by atoms with Crippen LogP contribution < -0.4 is 20.2 Å². The van der Waals surface area contributed by atoms with Crippen LogP contribution in [0.2, 0.25) is 0 Å². The van der Waals surface area contributed by atoms with Crippen LogP contribution in [0.5, 0.6) is 17.2 Å². The van der Waals surface area contributed by atoms with Gasteiger partial charge in [0.1, 0.15) is 5.75 Å². The predicted octanol–water partition coefficient (Wildman–Crippen LogP) is 4.19. The molecular weight excluding hydrogens is 478 g/mol. The van der Waals surface area contributed by atoms with Gasteiger partial charge in [-0.15, -0.1) is 0 Å². The number of halogens is 1. The highest BCUT2D eigenvalue weighted by molar-refractivity contribution is 9.10. The van der Waals surface area contributed by atoms with Gasteiger partial charge in [0.25, 0.3) is 11.8 Å². The van der Waals surface area contributed by atoms with Gasteiger partial charge in [0.2, 0.25) is 0 Å². The third kappa shape index (κ3) is 5.44. The maximum absolute atomic E-state index is 12.5. The van der Waals surface area contributed by atoms with Crippen molar-refractivity contribution in [2.75, 3.05) is 19.5 Å². The minimum absolute atomic E-state index is 0.0937. The molecule has 3 N–H and O–H groups in total. The normalized spacial score (nSPS) is 10.6. The Balaban J connectivity index is 1.64. The molecule has 3 rings (SSSR count). The summed E-state index contributed by atoms with van der Waals surface area (Å²) in [7, 11) is 2.93. The number of phenols is 1. The van der Waals surface area contributed by atoms with Crippen molar-refractivity contribution >= 4 is 39.6 Å². The zero-order chi connectivity index (χ0) is 23.1. The predicted molar refractivity (Wildman–Crippen MR) is 125 cm³/mol. The van der Waals surface area contributed by atoms with Crippen molar-refractivity contribution in [3.8, 4) is 17.2 Å². The van der Waals surface area contributed by atoms with E-state index in [4.69, 9.17) is 9.47 Å². The van der Waals surface area contributed by atoms with Gasteiger partial charge in [-0.2, -0.15) is 5.10 Å². The highest BCUT2D eigenvalue weighted by Crippen LogP contribution is 2.32. The van der Waals surface area contributed by atoms with E-state index in [0.717, 1.165) is 0 Å². The van der Waals surface area contributed by atoms with Gasteiger partial charge < -0.3 is 19.9 Å². The molecule has 0 aliphatic carbocycles. The van der Waals surface area contributed by atoms with E-state index in [9.17, 15) is 14.7 Å². The molecular formula is C23H20BrN3O5. The summed E-state index contributed by atoms with van der Waals surface area (Å²) in [6.07, 6.45) is 1.31. The van der Waals surface area contributed by atoms with E-state index in [1.807, 2.05) is 0 Å². The van der Waals surface area contributed by atoms with Gasteiger partial charge >= 0.3 is 0 Å². The van der Waals surface area contributed by atoms with Crippen LogP contribution >= 0.6 is 15.9 Å². The van der Waals surface area contributed by atoms with Crippen LogP contribution in [0.3, 0.4) is 0 Å². The number of nitrogens with zero attached hydrogens (tertiary/aromatic N) is 1. The number of hydrazone groups is 1. The molecule has 3 aromatic carbocycles. The fourth-order valence-corrected chi connectivity index (χ4v) is 3.26. The molecule has 0 aromatic heterocycles. The van der Waals surface area contributed by atoms with Gasteiger partial charge in [0.05, 0.1) is 26.0 Å². The van der Waals surface area contributed by atoms with Crippen molar-refractivity contribution in [3.63, 3.8) is 0 Å². The van der Waals surface area contributed by atoms with Crippen molar-refractivity contribution in [2.45, 2.75) is 0 Å². The minimum Gasteiger partial charge on any atom is -0.504 e. The summed E-state index contributed by atoms with van der Waals surface area (Å²) in [6, 6.07) is 16.5. The molecule has 8 nitrogen and oxygen atoms in total. The average Bonchev–Trinajstić information content (AvgIpc) is 2.81. The lowest BCUT2D eigenvalue weighted by molar-refractivity contribution is 0.0954. The van der Waals surface area contributed by atoms with Crippen LogP contribution in [0.1, 0.15) is 26.3 Å². The third-order valence-electron chi connectivity index (χ3n) is 4.42. The lowest BCUT2D eigenvalue weighted by Gasteiger charge is -2.09. The van der Waals surface area contributed by atoms with Crippen LogP contribution in [0.25, 0.3) is 0 Å². The number of aromatic hydroxyl groups is 1. The summed E-state index contributed by atoms with van der Waals surface area (Å²) in [4.78, 5) is 24.8. The van der Waals surface area contributed by atoms with Gasteiger partial charge in [-0.1, -0.05) is 28.1 Å². The number of para-hydroxylation sites is 1. The lowest BCUT2D eigenvalue weighted by Crippen LogP contribution is -2.18. The zero-order valence-electron chi connectivity index (χ0n) is 17.3. The summed E-state index contributed by atoms with van der Waals surface area (Å²) in [6.45, 7) is 0. The van der Waals surface area contributed by atoms with Gasteiger partial charge in [0.15, 0.2) is 11.5 Å². The Bertz CT molecular complexity index is 1160. The first-order valence-corrected chi connectivity index (χ1v) is 10.2. The van der Waals surface area contributed by atoms with Crippen LogP contribution in [0.4, 0.5) is 5.69 Å². The maximum atomic E-state index is 12.5. The minimum atomic E-state index is -0.453. The summed E-state index contributed by atoms with van der Waals surface area (Å²) >= 11 is 3.32. The Hall–Kier alpha value is -3.85. The fraction of sp³-hybridized carbons (Fsp3) is 0.0870. The largest absolute Gasteiger partial charge is 0.504 e. The van der Waals surface area contributed by atoms with Crippen molar-refractivity contribution < 1.29 is 24.2 Å². The monoisotopic (exact) mass is 497 g/mol. The molecule has 0 aliphatic heterocycles. The van der Waals surface area contributed by atoms with E-state index in [-0.39, 0.29) is 17.4 Å². The van der Waals surface area contributed by atoms with E-state index < -0.39 is 5.91 Å². The number of carbonyl (C=O) groups is 2. The van der Waals surface area contributed by atoms with E-state index in [0.29, 0.717) is 32.6 Å². The zero-order valence-corrected chi connectivity index (χ0v) is 18.8. The number of benzene rings is 3. The Labute approximate surface area is 193 Å². The van der Waals surface area contributed by atoms with Crippen molar-refractivity contribution in [2.24, 2.45) is 5.10 Å². The topological polar surface area (TPSA) is 109 Å². The molecule has 2 amide bonds. The molecule has 0 radical (unpaired) electrons. The Morgan fingerprint density at radius 3 is 2.34 bits per heavy atom. The molecule has 32 heavy (non-hydrogen) atoms. The Kier molecular flexibility index (Phi) is 7.45. The van der Waals surface area contributed by atoms with E-state index in [1.54, 1.807) is 60.7 Å². The van der Waals surface area contributed by atoms with Gasteiger partial charge in [-0.25, -0.2) is 5.43 Å². The standard InChI is InChI=1S/C23H20BrN3O5/c1-31-19-6-4-3-5-18(19)23(30)26-17-9-7-14(8-10-17)22(29)27-25-13-15-11-16(24)12-20(32-2)21(15)28/h3-13,28H,1-2H3,(H,26,30)(H,27,29)/b25-13+. The number of hydrogen-bond donors (Lipinski definition) is 3.